The van der Waals surface area contributed by atoms with Gasteiger partial charge in [0.2, 0.25) is 5.95 Å². The van der Waals surface area contributed by atoms with Crippen LogP contribution in [0.5, 0.6) is 0 Å². The van der Waals surface area contributed by atoms with Crippen molar-refractivity contribution in [3.05, 3.63) is 70.4 Å². The fourth-order valence-electron chi connectivity index (χ4n) is 3.84. The Bertz CT molecular complexity index is 1090. The maximum absolute atomic E-state index is 10.3. The summed E-state index contributed by atoms with van der Waals surface area (Å²) in [7, 11) is 0. The molecule has 1 atom stereocenters. The second kappa shape index (κ2) is 9.28. The molecule has 2 heterocycles. The molecule has 4 N–H and O–H groups in total. The fraction of sp³-hybridized carbons (Fsp3) is 0.304. The first-order valence-corrected chi connectivity index (χ1v) is 12.0. The Morgan fingerprint density at radius 1 is 1.23 bits per heavy atom. The van der Waals surface area contributed by atoms with E-state index in [4.69, 9.17) is 11.6 Å². The quantitative estimate of drug-likeness (QED) is 0.241. The summed E-state index contributed by atoms with van der Waals surface area (Å²) in [5, 5.41) is 20.7. The van der Waals surface area contributed by atoms with E-state index < -0.39 is 6.10 Å². The van der Waals surface area contributed by atoms with Crippen LogP contribution in [0.25, 0.3) is 0 Å². The number of hydrogen-bond donors (Lipinski definition) is 4. The number of para-hydroxylation sites is 1. The van der Waals surface area contributed by atoms with Gasteiger partial charge in [-0.05, 0) is 29.3 Å². The van der Waals surface area contributed by atoms with Gasteiger partial charge in [-0.1, -0.05) is 72.3 Å². The fourth-order valence-corrected chi connectivity index (χ4v) is 4.45. The summed E-state index contributed by atoms with van der Waals surface area (Å²) in [5.74, 6) is 0.926. The molecule has 1 aromatic heterocycles. The predicted octanol–water partition coefficient (Wildman–Crippen LogP) is 5.47. The third-order valence-electron chi connectivity index (χ3n) is 5.44. The van der Waals surface area contributed by atoms with E-state index in [0.717, 1.165) is 30.0 Å². The molecule has 162 valence electrons. The highest BCUT2D eigenvalue weighted by Gasteiger charge is 2.27. The number of benzene rings is 2. The number of nitrogens with one attached hydrogen (secondary N) is 3. The van der Waals surface area contributed by atoms with E-state index in [1.165, 1.54) is 11.1 Å². The monoisotopic (exact) mass is 549 g/mol. The van der Waals surface area contributed by atoms with Gasteiger partial charge in [-0.15, -0.1) is 0 Å². The molecule has 0 amide bonds. The van der Waals surface area contributed by atoms with Gasteiger partial charge >= 0.3 is 0 Å². The van der Waals surface area contributed by atoms with Gasteiger partial charge in [0.25, 0.3) is 0 Å². The number of aliphatic hydroxyl groups excluding tert-OH is 1. The molecule has 0 spiro atoms. The minimum absolute atomic E-state index is 0.107. The molecule has 0 saturated carbocycles. The Labute approximate surface area is 201 Å². The van der Waals surface area contributed by atoms with Crippen LogP contribution in [0.1, 0.15) is 36.6 Å². The maximum Gasteiger partial charge on any atom is 0.229 e. The van der Waals surface area contributed by atoms with Crippen LogP contribution in [0.3, 0.4) is 0 Å². The predicted molar refractivity (Wildman–Crippen MR) is 135 cm³/mol. The van der Waals surface area contributed by atoms with Crippen LogP contribution in [0.2, 0.25) is 5.02 Å². The number of aromatic nitrogens is 2. The molecule has 1 aliphatic rings. The Kier molecular flexibility index (Phi) is 6.66. The van der Waals surface area contributed by atoms with Crippen LogP contribution in [-0.4, -0.2) is 26.0 Å². The molecule has 0 saturated heterocycles. The maximum atomic E-state index is 10.3. The number of hydrogen-bond acceptors (Lipinski definition) is 6. The van der Waals surface area contributed by atoms with Crippen LogP contribution in [-0.2, 0) is 12.0 Å². The Balaban J connectivity index is 1.58. The van der Waals surface area contributed by atoms with Crippen molar-refractivity contribution in [3.63, 3.8) is 0 Å². The lowest BCUT2D eigenvalue weighted by molar-refractivity contribution is 0.208. The van der Waals surface area contributed by atoms with E-state index in [1.54, 1.807) is 6.20 Å². The Hall–Kier alpha value is -1.94. The van der Waals surface area contributed by atoms with Gasteiger partial charge in [0, 0.05) is 39.9 Å². The zero-order valence-corrected chi connectivity index (χ0v) is 20.3. The van der Waals surface area contributed by atoms with Crippen molar-refractivity contribution in [1.29, 1.82) is 0 Å². The third-order valence-corrected chi connectivity index (χ3v) is 6.55. The van der Waals surface area contributed by atoms with E-state index >= 15 is 0 Å². The van der Waals surface area contributed by atoms with Gasteiger partial charge in [0.05, 0.1) is 12.3 Å². The van der Waals surface area contributed by atoms with Crippen molar-refractivity contribution in [2.24, 2.45) is 0 Å². The van der Waals surface area contributed by atoms with Crippen LogP contribution in [0.15, 0.2) is 48.7 Å². The highest BCUT2D eigenvalue weighted by Crippen LogP contribution is 2.33. The lowest BCUT2D eigenvalue weighted by Gasteiger charge is -2.33. The second-order valence-electron chi connectivity index (χ2n) is 8.26. The molecule has 8 heteroatoms. The summed E-state index contributed by atoms with van der Waals surface area (Å²) in [6, 6.07) is 14.0. The molecule has 0 bridgehead atoms. The number of rotatable bonds is 6. The Morgan fingerprint density at radius 2 is 2.03 bits per heavy atom. The zero-order valence-electron chi connectivity index (χ0n) is 17.4. The zero-order chi connectivity index (χ0) is 22.0. The third kappa shape index (κ3) is 4.95. The highest BCUT2D eigenvalue weighted by molar-refractivity contribution is 14.1. The number of aliphatic hydroxyl groups is 1. The van der Waals surface area contributed by atoms with Crippen molar-refractivity contribution >= 4 is 57.3 Å². The highest BCUT2D eigenvalue weighted by atomic mass is 127. The molecule has 3 aromatic rings. The van der Waals surface area contributed by atoms with E-state index in [-0.39, 0.29) is 5.41 Å². The number of alkyl halides is 1. The molecular formula is C23H25ClIN5O. The Morgan fingerprint density at radius 3 is 2.84 bits per heavy atom. The first-order valence-electron chi connectivity index (χ1n) is 10.1. The van der Waals surface area contributed by atoms with Crippen molar-refractivity contribution < 1.29 is 5.11 Å². The van der Waals surface area contributed by atoms with Gasteiger partial charge in [-0.25, -0.2) is 4.98 Å². The number of halogens is 2. The smallest absolute Gasteiger partial charge is 0.229 e. The average molecular weight is 550 g/mol. The largest absolute Gasteiger partial charge is 0.388 e. The molecule has 1 unspecified atom stereocenters. The van der Waals surface area contributed by atoms with Crippen LogP contribution in [0, 0.1) is 0 Å². The standard InChI is InChI=1S/C23H25ClIN5O/c1-23(2)13-26-11-14-9-15(7-8-17(14)23)28-22-27-12-18(24)21(30-22)29-19-6-4-3-5-16(19)20(31)10-25/h3-9,12,20,26,31H,10-11,13H2,1-2H3,(H2,27,28,29,30). The van der Waals surface area contributed by atoms with Crippen LogP contribution >= 0.6 is 34.2 Å². The molecule has 1 aliphatic heterocycles. The first kappa shape index (κ1) is 22.3. The summed E-state index contributed by atoms with van der Waals surface area (Å²) >= 11 is 8.52. The first-order chi connectivity index (χ1) is 14.9. The van der Waals surface area contributed by atoms with Crippen molar-refractivity contribution in [2.75, 3.05) is 21.6 Å². The molecular weight excluding hydrogens is 525 g/mol. The van der Waals surface area contributed by atoms with Crippen molar-refractivity contribution in [1.82, 2.24) is 15.3 Å². The summed E-state index contributed by atoms with van der Waals surface area (Å²) < 4.78 is 0.588. The SMILES string of the molecule is CC1(C)CNCc2cc(Nc3ncc(Cl)c(Nc4ccccc4C(O)CI)n3)ccc21. The molecule has 0 aliphatic carbocycles. The molecule has 6 nitrogen and oxygen atoms in total. The van der Waals surface area contributed by atoms with Gasteiger partial charge in [0.1, 0.15) is 5.02 Å². The minimum Gasteiger partial charge on any atom is -0.388 e. The van der Waals surface area contributed by atoms with Gasteiger partial charge in [-0.3, -0.25) is 0 Å². The normalized spacial score (nSPS) is 15.8. The number of fused-ring (bicyclic) bond motifs is 1. The summed E-state index contributed by atoms with van der Waals surface area (Å²) in [4.78, 5) is 8.90. The van der Waals surface area contributed by atoms with Crippen LogP contribution < -0.4 is 16.0 Å². The van der Waals surface area contributed by atoms with Crippen molar-refractivity contribution in [2.45, 2.75) is 31.9 Å². The van der Waals surface area contributed by atoms with E-state index in [9.17, 15) is 5.11 Å². The molecule has 2 aromatic carbocycles. The van der Waals surface area contributed by atoms with Crippen LogP contribution in [0.4, 0.5) is 23.1 Å². The second-order valence-corrected chi connectivity index (χ2v) is 9.54. The summed E-state index contributed by atoms with van der Waals surface area (Å²) in [5.41, 5.74) is 5.23. The number of nitrogens with zero attached hydrogens (tertiary/aromatic N) is 2. The average Bonchev–Trinajstić information content (AvgIpc) is 2.75. The topological polar surface area (TPSA) is 82.1 Å². The van der Waals surface area contributed by atoms with E-state index in [2.05, 4.69) is 80.6 Å². The summed E-state index contributed by atoms with van der Waals surface area (Å²) in [6.45, 7) is 6.31. The summed E-state index contributed by atoms with van der Waals surface area (Å²) in [6.07, 6.45) is 0.996. The molecule has 0 radical (unpaired) electrons. The van der Waals surface area contributed by atoms with E-state index in [1.807, 2.05) is 24.3 Å². The lowest BCUT2D eigenvalue weighted by atomic mass is 9.79. The van der Waals surface area contributed by atoms with E-state index in [0.29, 0.717) is 21.2 Å². The van der Waals surface area contributed by atoms with Gasteiger partial charge < -0.3 is 21.1 Å². The number of anilines is 4. The van der Waals surface area contributed by atoms with Gasteiger partial charge in [-0.2, -0.15) is 4.98 Å². The van der Waals surface area contributed by atoms with Crippen molar-refractivity contribution in [3.8, 4) is 0 Å². The molecule has 0 fully saturated rings. The van der Waals surface area contributed by atoms with Gasteiger partial charge in [0.15, 0.2) is 5.82 Å². The molecule has 31 heavy (non-hydrogen) atoms. The molecule has 4 rings (SSSR count). The lowest BCUT2D eigenvalue weighted by Crippen LogP contribution is -2.38. The minimum atomic E-state index is -0.573.